The second kappa shape index (κ2) is 7.18. The van der Waals surface area contributed by atoms with Crippen LogP contribution in [0.15, 0.2) is 66.7 Å². The van der Waals surface area contributed by atoms with Crippen LogP contribution in [0.5, 0.6) is 0 Å². The summed E-state index contributed by atoms with van der Waals surface area (Å²) in [7, 11) is 0. The first-order valence-corrected chi connectivity index (χ1v) is 8.11. The maximum atomic E-state index is 12.7. The van der Waals surface area contributed by atoms with Gasteiger partial charge in [-0.1, -0.05) is 66.2 Å². The molecule has 1 amide bonds. The minimum Gasteiger partial charge on any atom is -0.480 e. The molecule has 2 N–H and O–H groups in total. The van der Waals surface area contributed by atoms with Crippen molar-refractivity contribution in [2.75, 3.05) is 0 Å². The molecular weight excluding hydrogens is 314 g/mol. The number of hydrogen-bond acceptors (Lipinski definition) is 2. The molecule has 0 saturated heterocycles. The molecule has 0 saturated carbocycles. The molecule has 126 valence electrons. The summed E-state index contributed by atoms with van der Waals surface area (Å²) in [5.41, 5.74) is 2.42. The molecule has 0 aromatic heterocycles. The Hall–Kier alpha value is -3.14. The van der Waals surface area contributed by atoms with Gasteiger partial charge in [-0.3, -0.25) is 4.79 Å². The van der Waals surface area contributed by atoms with Gasteiger partial charge in [0.05, 0.1) is 0 Å². The van der Waals surface area contributed by atoms with Gasteiger partial charge in [-0.25, -0.2) is 4.79 Å². The number of aryl methyl sites for hydroxylation is 1. The van der Waals surface area contributed by atoms with Crippen LogP contribution in [-0.4, -0.2) is 23.0 Å². The SMILES string of the molecule is Cc1cccc(C[C@@H](NC(=O)c2cccc3ccccc23)C(=O)O)c1. The lowest BCUT2D eigenvalue weighted by Gasteiger charge is -2.16. The number of carboxylic acid groups (broad SMARTS) is 1. The van der Waals surface area contributed by atoms with Crippen molar-refractivity contribution in [3.05, 3.63) is 83.4 Å². The van der Waals surface area contributed by atoms with E-state index in [1.54, 1.807) is 12.1 Å². The van der Waals surface area contributed by atoms with Crippen molar-refractivity contribution in [2.24, 2.45) is 0 Å². The van der Waals surface area contributed by atoms with Gasteiger partial charge >= 0.3 is 5.97 Å². The molecule has 0 aliphatic carbocycles. The third kappa shape index (κ3) is 3.86. The molecule has 4 nitrogen and oxygen atoms in total. The van der Waals surface area contributed by atoms with Crippen molar-refractivity contribution < 1.29 is 14.7 Å². The molecule has 3 rings (SSSR count). The van der Waals surface area contributed by atoms with E-state index in [9.17, 15) is 14.7 Å². The summed E-state index contributed by atoms with van der Waals surface area (Å²) in [6.45, 7) is 1.95. The van der Waals surface area contributed by atoms with E-state index < -0.39 is 12.0 Å². The smallest absolute Gasteiger partial charge is 0.326 e. The number of carboxylic acids is 1. The number of aliphatic carboxylic acids is 1. The Bertz CT molecular complexity index is 928. The van der Waals surface area contributed by atoms with Crippen LogP contribution >= 0.6 is 0 Å². The van der Waals surface area contributed by atoms with Crippen molar-refractivity contribution >= 4 is 22.6 Å². The predicted molar refractivity (Wildman–Crippen MR) is 97.7 cm³/mol. The van der Waals surface area contributed by atoms with Gasteiger partial charge in [0.15, 0.2) is 0 Å². The molecule has 0 bridgehead atoms. The summed E-state index contributed by atoms with van der Waals surface area (Å²) < 4.78 is 0. The van der Waals surface area contributed by atoms with Crippen LogP contribution in [0.25, 0.3) is 10.8 Å². The number of hydrogen-bond donors (Lipinski definition) is 2. The number of amides is 1. The highest BCUT2D eigenvalue weighted by atomic mass is 16.4. The quantitative estimate of drug-likeness (QED) is 0.750. The molecule has 0 radical (unpaired) electrons. The van der Waals surface area contributed by atoms with Crippen LogP contribution in [0.2, 0.25) is 0 Å². The molecule has 0 heterocycles. The Morgan fingerprint density at radius 2 is 1.72 bits per heavy atom. The number of rotatable bonds is 5. The van der Waals surface area contributed by atoms with Crippen LogP contribution < -0.4 is 5.32 Å². The monoisotopic (exact) mass is 333 g/mol. The molecule has 0 unspecified atom stereocenters. The molecule has 25 heavy (non-hydrogen) atoms. The van der Waals surface area contributed by atoms with E-state index in [1.165, 1.54) is 0 Å². The van der Waals surface area contributed by atoms with E-state index in [1.807, 2.05) is 61.5 Å². The standard InChI is InChI=1S/C21H19NO3/c1-14-6-4-7-15(12-14)13-19(21(24)25)22-20(23)18-11-5-9-16-8-2-3-10-17(16)18/h2-12,19H,13H2,1H3,(H,22,23)(H,24,25)/t19-/m1/s1. The predicted octanol–water partition coefficient (Wildman–Crippen LogP) is 3.57. The summed E-state index contributed by atoms with van der Waals surface area (Å²) >= 11 is 0. The van der Waals surface area contributed by atoms with Crippen molar-refractivity contribution in [3.63, 3.8) is 0 Å². The second-order valence-corrected chi connectivity index (χ2v) is 6.08. The van der Waals surface area contributed by atoms with E-state index in [-0.39, 0.29) is 12.3 Å². The third-order valence-electron chi connectivity index (χ3n) is 4.16. The van der Waals surface area contributed by atoms with Gasteiger partial charge in [0, 0.05) is 12.0 Å². The molecule has 0 aliphatic heterocycles. The lowest BCUT2D eigenvalue weighted by molar-refractivity contribution is -0.139. The van der Waals surface area contributed by atoms with Crippen molar-refractivity contribution in [2.45, 2.75) is 19.4 Å². The van der Waals surface area contributed by atoms with Gasteiger partial charge < -0.3 is 10.4 Å². The summed E-state index contributed by atoms with van der Waals surface area (Å²) in [6.07, 6.45) is 0.244. The molecule has 3 aromatic carbocycles. The average molecular weight is 333 g/mol. The molecule has 3 aromatic rings. The maximum Gasteiger partial charge on any atom is 0.326 e. The van der Waals surface area contributed by atoms with E-state index in [0.717, 1.165) is 21.9 Å². The summed E-state index contributed by atoms with van der Waals surface area (Å²) in [5, 5.41) is 13.9. The van der Waals surface area contributed by atoms with Crippen molar-refractivity contribution in [1.82, 2.24) is 5.32 Å². The van der Waals surface area contributed by atoms with E-state index in [2.05, 4.69) is 5.32 Å². The van der Waals surface area contributed by atoms with Gasteiger partial charge in [-0.05, 0) is 29.3 Å². The zero-order valence-corrected chi connectivity index (χ0v) is 13.9. The van der Waals surface area contributed by atoms with Crippen molar-refractivity contribution in [3.8, 4) is 0 Å². The van der Waals surface area contributed by atoms with Crippen LogP contribution in [0.1, 0.15) is 21.5 Å². The van der Waals surface area contributed by atoms with E-state index in [4.69, 9.17) is 0 Å². The second-order valence-electron chi connectivity index (χ2n) is 6.08. The average Bonchev–Trinajstić information content (AvgIpc) is 2.60. The van der Waals surface area contributed by atoms with Crippen LogP contribution in [0, 0.1) is 6.92 Å². The first-order valence-electron chi connectivity index (χ1n) is 8.11. The largest absolute Gasteiger partial charge is 0.480 e. The number of carbonyl (C=O) groups excluding carboxylic acids is 1. The van der Waals surface area contributed by atoms with Gasteiger partial charge in [0.2, 0.25) is 0 Å². The van der Waals surface area contributed by atoms with Gasteiger partial charge in [0.25, 0.3) is 5.91 Å². The Labute approximate surface area is 146 Å². The zero-order chi connectivity index (χ0) is 17.8. The highest BCUT2D eigenvalue weighted by Gasteiger charge is 2.22. The fraction of sp³-hybridized carbons (Fsp3) is 0.143. The van der Waals surface area contributed by atoms with Crippen LogP contribution in [0.3, 0.4) is 0 Å². The molecular formula is C21H19NO3. The lowest BCUT2D eigenvalue weighted by atomic mass is 10.0. The minimum atomic E-state index is -1.05. The Morgan fingerprint density at radius 1 is 1.00 bits per heavy atom. The lowest BCUT2D eigenvalue weighted by Crippen LogP contribution is -2.42. The highest BCUT2D eigenvalue weighted by Crippen LogP contribution is 2.18. The molecule has 4 heteroatoms. The molecule has 0 spiro atoms. The van der Waals surface area contributed by atoms with Gasteiger partial charge in [-0.2, -0.15) is 0 Å². The summed E-state index contributed by atoms with van der Waals surface area (Å²) in [6, 6.07) is 19.6. The third-order valence-corrected chi connectivity index (χ3v) is 4.16. The summed E-state index contributed by atoms with van der Waals surface area (Å²) in [4.78, 5) is 24.3. The zero-order valence-electron chi connectivity index (χ0n) is 13.9. The van der Waals surface area contributed by atoms with Crippen LogP contribution in [-0.2, 0) is 11.2 Å². The number of carbonyl (C=O) groups is 2. The fourth-order valence-electron chi connectivity index (χ4n) is 2.93. The molecule has 0 fully saturated rings. The Morgan fingerprint density at radius 3 is 2.48 bits per heavy atom. The summed E-state index contributed by atoms with van der Waals surface area (Å²) in [5.74, 6) is -1.42. The minimum absolute atomic E-state index is 0.244. The fourth-order valence-corrected chi connectivity index (χ4v) is 2.93. The maximum absolute atomic E-state index is 12.7. The normalized spacial score (nSPS) is 11.9. The van der Waals surface area contributed by atoms with E-state index in [0.29, 0.717) is 5.56 Å². The molecule has 1 atom stereocenters. The highest BCUT2D eigenvalue weighted by molar-refractivity contribution is 6.07. The first kappa shape index (κ1) is 16.7. The number of benzene rings is 3. The Kier molecular flexibility index (Phi) is 4.80. The van der Waals surface area contributed by atoms with Crippen LogP contribution in [0.4, 0.5) is 0 Å². The Balaban J connectivity index is 1.84. The van der Waals surface area contributed by atoms with Crippen molar-refractivity contribution in [1.29, 1.82) is 0 Å². The number of nitrogens with one attached hydrogen (secondary N) is 1. The topological polar surface area (TPSA) is 66.4 Å². The number of fused-ring (bicyclic) bond motifs is 1. The first-order chi connectivity index (χ1) is 12.0. The van der Waals surface area contributed by atoms with E-state index >= 15 is 0 Å². The van der Waals surface area contributed by atoms with Gasteiger partial charge in [0.1, 0.15) is 6.04 Å². The molecule has 0 aliphatic rings. The van der Waals surface area contributed by atoms with Gasteiger partial charge in [-0.15, -0.1) is 0 Å².